The molecule has 272 valence electrons. The molecule has 2 heterocycles. The van der Waals surface area contributed by atoms with Gasteiger partial charge in [0.2, 0.25) is 5.91 Å². The summed E-state index contributed by atoms with van der Waals surface area (Å²) >= 11 is 0. The van der Waals surface area contributed by atoms with Gasteiger partial charge in [-0.3, -0.25) is 9.69 Å². The Balaban J connectivity index is 1.37. The van der Waals surface area contributed by atoms with Gasteiger partial charge in [-0.2, -0.15) is 26.3 Å². The largest absolute Gasteiger partial charge is 0.490 e. The molecule has 12 heteroatoms. The van der Waals surface area contributed by atoms with Crippen LogP contribution in [-0.2, 0) is 29.0 Å². The van der Waals surface area contributed by atoms with Crippen LogP contribution in [0.2, 0.25) is 0 Å². The molecule has 1 aliphatic carbocycles. The number of piperazine rings is 1. The van der Waals surface area contributed by atoms with Crippen molar-refractivity contribution >= 4 is 5.91 Å². The van der Waals surface area contributed by atoms with E-state index in [2.05, 4.69) is 9.80 Å². The van der Waals surface area contributed by atoms with Gasteiger partial charge in [0.15, 0.2) is 11.5 Å². The topological polar surface area (TPSA) is 45.2 Å². The fraction of sp³-hybridized carbons (Fsp3) is 0.649. The predicted molar refractivity (Wildman–Crippen MR) is 176 cm³/mol. The van der Waals surface area contributed by atoms with E-state index in [-0.39, 0.29) is 11.6 Å². The molecule has 0 radical (unpaired) electrons. The molecule has 3 fully saturated rings. The zero-order chi connectivity index (χ0) is 35.2. The van der Waals surface area contributed by atoms with E-state index in [1.165, 1.54) is 32.1 Å². The van der Waals surface area contributed by atoms with Crippen LogP contribution in [-0.4, -0.2) is 85.7 Å². The van der Waals surface area contributed by atoms with Gasteiger partial charge >= 0.3 is 12.4 Å². The molecule has 3 aliphatic rings. The summed E-state index contributed by atoms with van der Waals surface area (Å²) < 4.78 is 93.1. The van der Waals surface area contributed by atoms with Crippen molar-refractivity contribution in [1.29, 1.82) is 0 Å². The first-order valence-corrected chi connectivity index (χ1v) is 17.7. The summed E-state index contributed by atoms with van der Waals surface area (Å²) in [5.74, 6) is 0.735. The maximum Gasteiger partial charge on any atom is 0.416 e. The van der Waals surface area contributed by atoms with Crippen molar-refractivity contribution in [3.05, 3.63) is 58.7 Å². The van der Waals surface area contributed by atoms with Gasteiger partial charge in [-0.15, -0.1) is 0 Å². The molecule has 2 aliphatic heterocycles. The van der Waals surface area contributed by atoms with Crippen LogP contribution in [0, 0.1) is 0 Å². The van der Waals surface area contributed by atoms with Crippen LogP contribution < -0.4 is 9.47 Å². The Bertz CT molecular complexity index is 1370. The van der Waals surface area contributed by atoms with Gasteiger partial charge in [-0.1, -0.05) is 25.3 Å². The van der Waals surface area contributed by atoms with Crippen LogP contribution in [0.4, 0.5) is 26.3 Å². The number of piperidine rings is 1. The second kappa shape index (κ2) is 15.9. The van der Waals surface area contributed by atoms with Crippen molar-refractivity contribution in [2.75, 3.05) is 59.0 Å². The Morgan fingerprint density at radius 2 is 1.43 bits per heavy atom. The number of hydrogen-bond acceptors (Lipinski definition) is 5. The molecular weight excluding hydrogens is 648 g/mol. The van der Waals surface area contributed by atoms with E-state index in [1.54, 1.807) is 4.90 Å². The van der Waals surface area contributed by atoms with Crippen molar-refractivity contribution in [1.82, 2.24) is 14.7 Å². The molecule has 0 unspecified atom stereocenters. The first-order chi connectivity index (χ1) is 23.3. The smallest absolute Gasteiger partial charge is 0.416 e. The number of hydrogen-bond donors (Lipinski definition) is 0. The molecule has 0 bridgehead atoms. The van der Waals surface area contributed by atoms with E-state index >= 15 is 0 Å². The Hall–Kier alpha value is -2.99. The number of amides is 1. The lowest BCUT2D eigenvalue weighted by Crippen LogP contribution is -2.53. The van der Waals surface area contributed by atoms with Crippen molar-refractivity contribution in [3.63, 3.8) is 0 Å². The Kier molecular flexibility index (Phi) is 12.1. The zero-order valence-corrected chi connectivity index (χ0v) is 28.6. The molecule has 2 aromatic carbocycles. The summed E-state index contributed by atoms with van der Waals surface area (Å²) in [5.41, 5.74) is -2.65. The van der Waals surface area contributed by atoms with Gasteiger partial charge in [-0.25, -0.2) is 0 Å². The van der Waals surface area contributed by atoms with E-state index < -0.39 is 41.2 Å². The molecule has 2 saturated heterocycles. The van der Waals surface area contributed by atoms with Crippen LogP contribution in [0.5, 0.6) is 11.5 Å². The molecule has 5 rings (SSSR count). The van der Waals surface area contributed by atoms with Gasteiger partial charge in [-0.05, 0) is 94.0 Å². The lowest BCUT2D eigenvalue weighted by atomic mass is 9.71. The average molecular weight is 698 g/mol. The summed E-state index contributed by atoms with van der Waals surface area (Å²) in [6.07, 6.45) is -1.90. The lowest BCUT2D eigenvalue weighted by Gasteiger charge is -2.46. The Morgan fingerprint density at radius 3 is 2.04 bits per heavy atom. The van der Waals surface area contributed by atoms with Crippen molar-refractivity contribution in [3.8, 4) is 11.5 Å². The standard InChI is InChI=1S/C37H49F6N3O3/c1-3-48-32-12-11-28(25-33(32)49-4-2)35(14-16-44-17-19-45(20-18-44)31-9-6-5-7-10-31)13-8-15-46(26-35)34(47)23-27-21-29(36(38,39)40)24-30(22-27)37(41,42)43/h11-12,21-22,24-25,31H,3-10,13-20,23,26H2,1-2H3/t35-/m0/s1. The molecule has 49 heavy (non-hydrogen) atoms. The van der Waals surface area contributed by atoms with Gasteiger partial charge in [0.25, 0.3) is 0 Å². The quantitative estimate of drug-likeness (QED) is 0.223. The van der Waals surface area contributed by atoms with E-state index in [0.717, 1.165) is 51.1 Å². The first-order valence-electron chi connectivity index (χ1n) is 17.7. The number of ether oxygens (including phenoxy) is 2. The predicted octanol–water partition coefficient (Wildman–Crippen LogP) is 7.96. The van der Waals surface area contributed by atoms with Gasteiger partial charge < -0.3 is 19.3 Å². The van der Waals surface area contributed by atoms with Crippen LogP contribution in [0.1, 0.15) is 87.5 Å². The minimum absolute atomic E-state index is 0.0940. The van der Waals surface area contributed by atoms with Crippen molar-refractivity contribution < 1.29 is 40.6 Å². The number of carbonyl (C=O) groups excluding carboxylic acids is 1. The molecule has 1 amide bonds. The highest BCUT2D eigenvalue weighted by atomic mass is 19.4. The number of benzene rings is 2. The number of alkyl halides is 6. The molecule has 0 spiro atoms. The molecule has 1 saturated carbocycles. The zero-order valence-electron chi connectivity index (χ0n) is 28.6. The van der Waals surface area contributed by atoms with Gasteiger partial charge in [0, 0.05) is 50.7 Å². The summed E-state index contributed by atoms with van der Waals surface area (Å²) in [6.45, 7) is 10.1. The third-order valence-electron chi connectivity index (χ3n) is 10.5. The lowest BCUT2D eigenvalue weighted by molar-refractivity contribution is -0.143. The molecule has 0 aromatic heterocycles. The van der Waals surface area contributed by atoms with E-state index in [1.807, 2.05) is 32.0 Å². The minimum atomic E-state index is -4.98. The monoisotopic (exact) mass is 697 g/mol. The number of carbonyl (C=O) groups is 1. The van der Waals surface area contributed by atoms with E-state index in [4.69, 9.17) is 9.47 Å². The van der Waals surface area contributed by atoms with Crippen LogP contribution in [0.3, 0.4) is 0 Å². The highest BCUT2D eigenvalue weighted by molar-refractivity contribution is 5.79. The van der Waals surface area contributed by atoms with Crippen LogP contribution in [0.15, 0.2) is 36.4 Å². The maximum absolute atomic E-state index is 13.7. The maximum atomic E-state index is 13.7. The van der Waals surface area contributed by atoms with Crippen molar-refractivity contribution in [2.24, 2.45) is 0 Å². The van der Waals surface area contributed by atoms with Gasteiger partial charge in [0.05, 0.1) is 30.8 Å². The number of halogens is 6. The number of nitrogens with zero attached hydrogens (tertiary/aromatic N) is 3. The van der Waals surface area contributed by atoms with Crippen LogP contribution in [0.25, 0.3) is 0 Å². The number of rotatable bonds is 11. The third kappa shape index (κ3) is 9.42. The van der Waals surface area contributed by atoms with Gasteiger partial charge in [0.1, 0.15) is 0 Å². The van der Waals surface area contributed by atoms with Crippen LogP contribution >= 0.6 is 0 Å². The molecule has 6 nitrogen and oxygen atoms in total. The summed E-state index contributed by atoms with van der Waals surface area (Å²) in [6, 6.07) is 7.94. The fourth-order valence-electron chi connectivity index (χ4n) is 7.89. The SMILES string of the molecule is CCOc1ccc([C@]2(CCN3CCN(C4CCCCC4)CC3)CCCN(C(=O)Cc3cc(C(F)(F)F)cc(C(F)(F)F)c3)C2)cc1OCC. The Morgan fingerprint density at radius 1 is 0.796 bits per heavy atom. The average Bonchev–Trinajstić information content (AvgIpc) is 3.08. The highest BCUT2D eigenvalue weighted by Crippen LogP contribution is 2.42. The summed E-state index contributed by atoms with van der Waals surface area (Å²) in [7, 11) is 0. The van der Waals surface area contributed by atoms with Crippen molar-refractivity contribution in [2.45, 2.75) is 95.4 Å². The number of likely N-dealkylation sites (tertiary alicyclic amines) is 1. The minimum Gasteiger partial charge on any atom is -0.490 e. The normalized spacial score (nSPS) is 21.9. The summed E-state index contributed by atoms with van der Waals surface area (Å²) in [4.78, 5) is 20.4. The van der Waals surface area contributed by atoms with E-state index in [9.17, 15) is 31.1 Å². The fourth-order valence-corrected chi connectivity index (χ4v) is 7.89. The first kappa shape index (κ1) is 37.3. The molecular formula is C37H49F6N3O3. The second-order valence-electron chi connectivity index (χ2n) is 13.7. The highest BCUT2D eigenvalue weighted by Gasteiger charge is 2.41. The van der Waals surface area contributed by atoms with E-state index in [0.29, 0.717) is 62.4 Å². The Labute approximate surface area is 285 Å². The molecule has 0 N–H and O–H groups in total. The third-order valence-corrected chi connectivity index (χ3v) is 10.5. The molecule has 2 aromatic rings. The molecule has 1 atom stereocenters. The summed E-state index contributed by atoms with van der Waals surface area (Å²) in [5, 5.41) is 0. The second-order valence-corrected chi connectivity index (χ2v) is 13.7.